The summed E-state index contributed by atoms with van der Waals surface area (Å²) < 4.78 is 0. The average Bonchev–Trinajstić information content (AvgIpc) is 2.56. The third-order valence-electron chi connectivity index (χ3n) is 4.04. The van der Waals surface area contributed by atoms with Crippen LogP contribution in [-0.4, -0.2) is 5.91 Å². The number of benzene rings is 2. The summed E-state index contributed by atoms with van der Waals surface area (Å²) in [5, 5.41) is 12.1. The number of anilines is 1. The van der Waals surface area contributed by atoms with Gasteiger partial charge in [-0.05, 0) is 60.2 Å². The lowest BCUT2D eigenvalue weighted by Gasteiger charge is -2.08. The molecule has 2 rings (SSSR count). The Morgan fingerprint density at radius 2 is 1.75 bits per heavy atom. The molecule has 0 heterocycles. The Kier molecular flexibility index (Phi) is 5.55. The number of nitrogens with one attached hydrogen (secondary N) is 1. The van der Waals surface area contributed by atoms with E-state index in [2.05, 4.69) is 19.2 Å². The maximum absolute atomic E-state index is 12.3. The third kappa shape index (κ3) is 4.33. The van der Waals surface area contributed by atoms with Crippen molar-refractivity contribution in [3.63, 3.8) is 0 Å². The van der Waals surface area contributed by atoms with Gasteiger partial charge in [0.25, 0.3) is 5.91 Å². The number of nitriles is 1. The van der Waals surface area contributed by atoms with Crippen molar-refractivity contribution in [3.05, 3.63) is 70.3 Å². The molecule has 0 aliphatic rings. The summed E-state index contributed by atoms with van der Waals surface area (Å²) >= 11 is 0. The van der Waals surface area contributed by atoms with Crippen LogP contribution in [0.5, 0.6) is 0 Å². The quantitative estimate of drug-likeness (QED) is 0.639. The lowest BCUT2D eigenvalue weighted by molar-refractivity contribution is -0.112. The van der Waals surface area contributed by atoms with E-state index in [1.807, 2.05) is 62.4 Å². The Hall–Kier alpha value is -2.86. The molecule has 3 heteroatoms. The van der Waals surface area contributed by atoms with Crippen LogP contribution < -0.4 is 5.32 Å². The first-order chi connectivity index (χ1) is 11.4. The second kappa shape index (κ2) is 7.61. The first-order valence-corrected chi connectivity index (χ1v) is 8.01. The molecule has 0 bridgehead atoms. The number of hydrogen-bond acceptors (Lipinski definition) is 2. The summed E-state index contributed by atoms with van der Waals surface area (Å²) in [7, 11) is 0. The fraction of sp³-hybridized carbons (Fsp3) is 0.238. The van der Waals surface area contributed by atoms with Gasteiger partial charge < -0.3 is 5.32 Å². The Labute approximate surface area is 143 Å². The number of amides is 1. The molecule has 0 aromatic heterocycles. The highest BCUT2D eigenvalue weighted by atomic mass is 16.1. The van der Waals surface area contributed by atoms with Crippen LogP contribution in [0.15, 0.2) is 48.0 Å². The highest BCUT2D eigenvalue weighted by Crippen LogP contribution is 2.18. The van der Waals surface area contributed by atoms with E-state index in [4.69, 9.17) is 0 Å². The maximum atomic E-state index is 12.3. The van der Waals surface area contributed by atoms with E-state index in [0.29, 0.717) is 11.6 Å². The topological polar surface area (TPSA) is 52.9 Å². The average molecular weight is 318 g/mol. The standard InChI is InChI=1S/C21H22N2O/c1-14(2)18-8-6-17(7-9-18)12-19(13-22)21(24)23-20-10-5-15(3)16(4)11-20/h5-12,14H,1-4H3,(H,23,24). The van der Waals surface area contributed by atoms with Gasteiger partial charge in [0.15, 0.2) is 0 Å². The first-order valence-electron chi connectivity index (χ1n) is 8.01. The first kappa shape index (κ1) is 17.5. The Morgan fingerprint density at radius 1 is 1.08 bits per heavy atom. The van der Waals surface area contributed by atoms with Crippen molar-refractivity contribution in [1.82, 2.24) is 0 Å². The molecular formula is C21H22N2O. The molecule has 2 aromatic rings. The fourth-order valence-corrected chi connectivity index (χ4v) is 2.31. The van der Waals surface area contributed by atoms with Crippen LogP contribution in [0.4, 0.5) is 5.69 Å². The second-order valence-corrected chi connectivity index (χ2v) is 6.24. The number of carbonyl (C=O) groups is 1. The fourth-order valence-electron chi connectivity index (χ4n) is 2.31. The van der Waals surface area contributed by atoms with Gasteiger partial charge in [0.05, 0.1) is 0 Å². The molecule has 0 unspecified atom stereocenters. The van der Waals surface area contributed by atoms with E-state index in [-0.39, 0.29) is 5.57 Å². The van der Waals surface area contributed by atoms with Crippen molar-refractivity contribution < 1.29 is 4.79 Å². The summed E-state index contributed by atoms with van der Waals surface area (Å²) in [6, 6.07) is 15.6. The van der Waals surface area contributed by atoms with Crippen molar-refractivity contribution >= 4 is 17.7 Å². The summed E-state index contributed by atoms with van der Waals surface area (Å²) in [6.07, 6.45) is 1.61. The van der Waals surface area contributed by atoms with Crippen LogP contribution in [-0.2, 0) is 4.79 Å². The highest BCUT2D eigenvalue weighted by molar-refractivity contribution is 6.09. The minimum absolute atomic E-state index is 0.0884. The zero-order valence-corrected chi connectivity index (χ0v) is 14.6. The van der Waals surface area contributed by atoms with Gasteiger partial charge in [0.2, 0.25) is 0 Å². The Morgan fingerprint density at radius 3 is 2.29 bits per heavy atom. The largest absolute Gasteiger partial charge is 0.321 e. The second-order valence-electron chi connectivity index (χ2n) is 6.24. The molecule has 0 atom stereocenters. The van der Waals surface area contributed by atoms with Gasteiger partial charge in [0, 0.05) is 5.69 Å². The van der Waals surface area contributed by atoms with Crippen LogP contribution in [0.2, 0.25) is 0 Å². The molecule has 1 amide bonds. The summed E-state index contributed by atoms with van der Waals surface area (Å²) in [5.74, 6) is 0.0558. The molecule has 1 N–H and O–H groups in total. The van der Waals surface area contributed by atoms with Crippen LogP contribution in [0, 0.1) is 25.2 Å². The van der Waals surface area contributed by atoms with Gasteiger partial charge >= 0.3 is 0 Å². The highest BCUT2D eigenvalue weighted by Gasteiger charge is 2.10. The van der Waals surface area contributed by atoms with E-state index in [0.717, 1.165) is 16.7 Å². The SMILES string of the molecule is Cc1ccc(NC(=O)C(C#N)=Cc2ccc(C(C)C)cc2)cc1C. The predicted octanol–water partition coefficient (Wildman–Crippen LogP) is 4.97. The lowest BCUT2D eigenvalue weighted by atomic mass is 10.0. The molecule has 24 heavy (non-hydrogen) atoms. The summed E-state index contributed by atoms with van der Waals surface area (Å²) in [4.78, 5) is 12.3. The monoisotopic (exact) mass is 318 g/mol. The zero-order valence-electron chi connectivity index (χ0n) is 14.6. The minimum Gasteiger partial charge on any atom is -0.321 e. The molecule has 2 aromatic carbocycles. The lowest BCUT2D eigenvalue weighted by Crippen LogP contribution is -2.13. The number of carbonyl (C=O) groups excluding carboxylic acids is 1. The Balaban J connectivity index is 2.18. The van der Waals surface area contributed by atoms with Gasteiger partial charge in [-0.2, -0.15) is 5.26 Å². The summed E-state index contributed by atoms with van der Waals surface area (Å²) in [5.41, 5.74) is 5.11. The van der Waals surface area contributed by atoms with Gasteiger partial charge in [0.1, 0.15) is 11.6 Å². The molecule has 0 radical (unpaired) electrons. The Bertz CT molecular complexity index is 809. The molecule has 0 spiro atoms. The number of nitrogens with zero attached hydrogens (tertiary/aromatic N) is 1. The minimum atomic E-state index is -0.395. The van der Waals surface area contributed by atoms with Crippen molar-refractivity contribution in [2.75, 3.05) is 5.32 Å². The van der Waals surface area contributed by atoms with Gasteiger partial charge in [-0.3, -0.25) is 4.79 Å². The smallest absolute Gasteiger partial charge is 0.266 e. The third-order valence-corrected chi connectivity index (χ3v) is 4.04. The predicted molar refractivity (Wildman–Crippen MR) is 98.7 cm³/mol. The van der Waals surface area contributed by atoms with Crippen molar-refractivity contribution in [2.45, 2.75) is 33.6 Å². The van der Waals surface area contributed by atoms with E-state index in [1.54, 1.807) is 6.08 Å². The van der Waals surface area contributed by atoms with Crippen molar-refractivity contribution in [1.29, 1.82) is 5.26 Å². The number of rotatable bonds is 4. The van der Waals surface area contributed by atoms with E-state index in [9.17, 15) is 10.1 Å². The van der Waals surface area contributed by atoms with Crippen LogP contribution in [0.25, 0.3) is 6.08 Å². The number of hydrogen-bond donors (Lipinski definition) is 1. The molecule has 0 saturated carbocycles. The molecule has 0 aliphatic heterocycles. The van der Waals surface area contributed by atoms with Gasteiger partial charge in [-0.1, -0.05) is 44.2 Å². The van der Waals surface area contributed by atoms with Crippen molar-refractivity contribution in [2.24, 2.45) is 0 Å². The van der Waals surface area contributed by atoms with E-state index in [1.165, 1.54) is 5.56 Å². The molecule has 0 fully saturated rings. The number of aryl methyl sites for hydroxylation is 2. The van der Waals surface area contributed by atoms with Crippen molar-refractivity contribution in [3.8, 4) is 6.07 Å². The molecule has 0 saturated heterocycles. The van der Waals surface area contributed by atoms with E-state index < -0.39 is 5.91 Å². The summed E-state index contributed by atoms with van der Waals surface area (Å²) in [6.45, 7) is 8.26. The van der Waals surface area contributed by atoms with Crippen LogP contribution in [0.1, 0.15) is 42.0 Å². The molecule has 122 valence electrons. The zero-order chi connectivity index (χ0) is 17.7. The van der Waals surface area contributed by atoms with Crippen LogP contribution >= 0.6 is 0 Å². The molecule has 3 nitrogen and oxygen atoms in total. The molecular weight excluding hydrogens is 296 g/mol. The van der Waals surface area contributed by atoms with E-state index >= 15 is 0 Å². The molecule has 0 aliphatic carbocycles. The normalized spacial score (nSPS) is 11.2. The maximum Gasteiger partial charge on any atom is 0.266 e. The van der Waals surface area contributed by atoms with Gasteiger partial charge in [-0.15, -0.1) is 0 Å². The van der Waals surface area contributed by atoms with Gasteiger partial charge in [-0.25, -0.2) is 0 Å². The van der Waals surface area contributed by atoms with Crippen LogP contribution in [0.3, 0.4) is 0 Å².